The van der Waals surface area contributed by atoms with E-state index in [1.165, 1.54) is 10.6 Å². The van der Waals surface area contributed by atoms with Crippen LogP contribution in [0.2, 0.25) is 0 Å². The number of carbonyl (C=O) groups is 1. The highest BCUT2D eigenvalue weighted by Gasteiger charge is 2.39. The van der Waals surface area contributed by atoms with Crippen molar-refractivity contribution < 1.29 is 27.8 Å². The third-order valence-electron chi connectivity index (χ3n) is 4.30. The molecule has 1 aromatic carbocycles. The van der Waals surface area contributed by atoms with Crippen LogP contribution in [0, 0.1) is 0 Å². The molecule has 0 aromatic heterocycles. The minimum Gasteiger partial charge on any atom is -0.487 e. The number of sulfonamides is 1. The van der Waals surface area contributed by atoms with Crippen molar-refractivity contribution in [3.05, 3.63) is 23.8 Å². The third-order valence-corrected chi connectivity index (χ3v) is 5.67. The van der Waals surface area contributed by atoms with Gasteiger partial charge in [0.2, 0.25) is 10.0 Å². The average molecular weight is 400 g/mol. The average Bonchev–Trinajstić information content (AvgIpc) is 2.56. The van der Waals surface area contributed by atoms with E-state index in [1.807, 2.05) is 13.8 Å². The number of aliphatic hydroxyl groups excluding tert-OH is 1. The number of aliphatic hydroxyl groups is 1. The van der Waals surface area contributed by atoms with Gasteiger partial charge in [0.05, 0.1) is 18.9 Å². The van der Waals surface area contributed by atoms with Gasteiger partial charge in [0.1, 0.15) is 17.1 Å². The van der Waals surface area contributed by atoms with Crippen LogP contribution in [0.25, 0.3) is 0 Å². The van der Waals surface area contributed by atoms with Crippen LogP contribution in [0.5, 0.6) is 11.5 Å². The molecule has 27 heavy (non-hydrogen) atoms. The molecule has 0 saturated heterocycles. The summed E-state index contributed by atoms with van der Waals surface area (Å²) in [5.74, 6) is 0.711. The van der Waals surface area contributed by atoms with Crippen molar-refractivity contribution in [3.63, 3.8) is 0 Å². The van der Waals surface area contributed by atoms with E-state index >= 15 is 0 Å². The van der Waals surface area contributed by atoms with Gasteiger partial charge in [0.15, 0.2) is 6.61 Å². The highest BCUT2D eigenvalue weighted by Crippen LogP contribution is 2.44. The summed E-state index contributed by atoms with van der Waals surface area (Å²) in [6, 6.07) is 4.77. The van der Waals surface area contributed by atoms with Gasteiger partial charge in [-0.3, -0.25) is 4.79 Å². The first-order valence-electron chi connectivity index (χ1n) is 8.87. The molecule has 0 saturated carbocycles. The smallest absolute Gasteiger partial charge is 0.258 e. The second-order valence-corrected chi connectivity index (χ2v) is 9.04. The first-order chi connectivity index (χ1) is 12.6. The van der Waals surface area contributed by atoms with Crippen LogP contribution in [0.4, 0.5) is 0 Å². The lowest BCUT2D eigenvalue weighted by Gasteiger charge is -2.41. The minimum absolute atomic E-state index is 0.141. The first-order valence-corrected chi connectivity index (χ1v) is 10.7. The molecular formula is C18H28N2O6S. The van der Waals surface area contributed by atoms with Crippen LogP contribution in [-0.2, 0) is 14.8 Å². The Morgan fingerprint density at radius 1 is 1.44 bits per heavy atom. The molecule has 0 radical (unpaired) electrons. The Balaban J connectivity index is 2.29. The van der Waals surface area contributed by atoms with Gasteiger partial charge in [0, 0.05) is 25.1 Å². The van der Waals surface area contributed by atoms with E-state index < -0.39 is 15.6 Å². The number of benzene rings is 1. The molecule has 1 aliphatic rings. The molecule has 1 amide bonds. The molecule has 1 aliphatic heterocycles. The van der Waals surface area contributed by atoms with Crippen molar-refractivity contribution in [3.8, 4) is 11.5 Å². The predicted octanol–water partition coefficient (Wildman–Crippen LogP) is 1.06. The lowest BCUT2D eigenvalue weighted by atomic mass is 9.89. The number of hydrogen-bond donors (Lipinski definition) is 2. The van der Waals surface area contributed by atoms with E-state index in [0.717, 1.165) is 5.56 Å². The maximum atomic E-state index is 12.3. The standard InChI is InChI=1S/C18H28N2O6S/c1-5-20(27(4,23)24)15-11-18(2,3)26-16-7-6-13(10-14(15)16)25-12-17(22)19-8-9-21/h6-7,10,15,21H,5,8-9,11-12H2,1-4H3,(H,19,22). The highest BCUT2D eigenvalue weighted by molar-refractivity contribution is 7.88. The summed E-state index contributed by atoms with van der Waals surface area (Å²) in [5, 5.41) is 11.2. The van der Waals surface area contributed by atoms with E-state index in [-0.39, 0.29) is 31.7 Å². The Kier molecular flexibility index (Phi) is 6.72. The van der Waals surface area contributed by atoms with Crippen LogP contribution in [0.15, 0.2) is 18.2 Å². The van der Waals surface area contributed by atoms with Crippen molar-refractivity contribution in [2.75, 3.05) is 32.6 Å². The van der Waals surface area contributed by atoms with Crippen LogP contribution in [-0.4, -0.2) is 61.9 Å². The van der Waals surface area contributed by atoms with E-state index in [2.05, 4.69) is 5.32 Å². The molecule has 1 aromatic rings. The number of nitrogens with one attached hydrogen (secondary N) is 1. The maximum Gasteiger partial charge on any atom is 0.258 e. The number of nitrogens with zero attached hydrogens (tertiary/aromatic N) is 1. The summed E-state index contributed by atoms with van der Waals surface area (Å²) >= 11 is 0. The second kappa shape index (κ2) is 8.45. The Morgan fingerprint density at radius 2 is 2.15 bits per heavy atom. The fourth-order valence-corrected chi connectivity index (χ4v) is 4.34. The molecule has 152 valence electrons. The molecule has 0 fully saturated rings. The summed E-state index contributed by atoms with van der Waals surface area (Å²) in [7, 11) is -3.41. The van der Waals surface area contributed by atoms with Gasteiger partial charge in [0.25, 0.3) is 5.91 Å². The Bertz CT molecular complexity index is 778. The molecular weight excluding hydrogens is 372 g/mol. The van der Waals surface area contributed by atoms with Gasteiger partial charge in [-0.2, -0.15) is 4.31 Å². The normalized spacial score (nSPS) is 18.5. The predicted molar refractivity (Wildman–Crippen MR) is 101 cm³/mol. The third kappa shape index (κ3) is 5.57. The molecule has 9 heteroatoms. The van der Waals surface area contributed by atoms with Crippen LogP contribution >= 0.6 is 0 Å². The van der Waals surface area contributed by atoms with Crippen LogP contribution in [0.1, 0.15) is 38.8 Å². The van der Waals surface area contributed by atoms with Gasteiger partial charge in [-0.15, -0.1) is 0 Å². The zero-order chi connectivity index (χ0) is 20.2. The molecule has 1 heterocycles. The number of ether oxygens (including phenoxy) is 2. The first kappa shape index (κ1) is 21.5. The summed E-state index contributed by atoms with van der Waals surface area (Å²) in [4.78, 5) is 11.6. The monoisotopic (exact) mass is 400 g/mol. The fraction of sp³-hybridized carbons (Fsp3) is 0.611. The Labute approximate surface area is 160 Å². The topological polar surface area (TPSA) is 105 Å². The van der Waals surface area contributed by atoms with Gasteiger partial charge in [-0.05, 0) is 32.0 Å². The largest absolute Gasteiger partial charge is 0.487 e. The number of rotatable bonds is 8. The molecule has 2 rings (SSSR count). The molecule has 8 nitrogen and oxygen atoms in total. The van der Waals surface area contributed by atoms with Crippen molar-refractivity contribution in [1.29, 1.82) is 0 Å². The lowest BCUT2D eigenvalue weighted by molar-refractivity contribution is -0.123. The van der Waals surface area contributed by atoms with E-state index in [9.17, 15) is 13.2 Å². The summed E-state index contributed by atoms with van der Waals surface area (Å²) in [6.45, 7) is 5.82. The zero-order valence-corrected chi connectivity index (χ0v) is 17.0. The quantitative estimate of drug-likeness (QED) is 0.676. The Hall–Kier alpha value is -1.84. The van der Waals surface area contributed by atoms with E-state index in [0.29, 0.717) is 24.5 Å². The van der Waals surface area contributed by atoms with Crippen LogP contribution in [0.3, 0.4) is 0 Å². The fourth-order valence-electron chi connectivity index (χ4n) is 3.22. The summed E-state index contributed by atoms with van der Waals surface area (Å²) < 4.78 is 37.5. The molecule has 0 bridgehead atoms. The molecule has 2 N–H and O–H groups in total. The van der Waals surface area contributed by atoms with Crippen molar-refractivity contribution in [1.82, 2.24) is 9.62 Å². The molecule has 1 atom stereocenters. The van der Waals surface area contributed by atoms with Gasteiger partial charge >= 0.3 is 0 Å². The van der Waals surface area contributed by atoms with Gasteiger partial charge in [-0.25, -0.2) is 8.42 Å². The number of fused-ring (bicyclic) bond motifs is 1. The molecule has 0 aliphatic carbocycles. The molecule has 1 unspecified atom stereocenters. The van der Waals surface area contributed by atoms with Gasteiger partial charge < -0.3 is 19.9 Å². The summed E-state index contributed by atoms with van der Waals surface area (Å²) in [5.41, 5.74) is 0.206. The minimum atomic E-state index is -3.41. The van der Waals surface area contributed by atoms with Crippen molar-refractivity contribution >= 4 is 15.9 Å². The van der Waals surface area contributed by atoms with Crippen LogP contribution < -0.4 is 14.8 Å². The van der Waals surface area contributed by atoms with E-state index in [1.54, 1.807) is 25.1 Å². The van der Waals surface area contributed by atoms with E-state index in [4.69, 9.17) is 14.6 Å². The zero-order valence-electron chi connectivity index (χ0n) is 16.2. The highest BCUT2D eigenvalue weighted by atomic mass is 32.2. The SMILES string of the molecule is CCN(C1CC(C)(C)Oc2ccc(OCC(=O)NCCO)cc21)S(C)(=O)=O. The van der Waals surface area contributed by atoms with Crippen molar-refractivity contribution in [2.45, 2.75) is 38.8 Å². The van der Waals surface area contributed by atoms with Crippen molar-refractivity contribution in [2.24, 2.45) is 0 Å². The number of hydrogen-bond acceptors (Lipinski definition) is 6. The summed E-state index contributed by atoms with van der Waals surface area (Å²) in [6.07, 6.45) is 1.70. The Morgan fingerprint density at radius 3 is 2.74 bits per heavy atom. The molecule has 0 spiro atoms. The maximum absolute atomic E-state index is 12.3. The van der Waals surface area contributed by atoms with Gasteiger partial charge in [-0.1, -0.05) is 6.92 Å². The lowest BCUT2D eigenvalue weighted by Crippen LogP contribution is -2.43. The number of carbonyl (C=O) groups excluding carboxylic acids is 1. The number of amides is 1. The second-order valence-electron chi connectivity index (χ2n) is 7.11.